The van der Waals surface area contributed by atoms with Gasteiger partial charge in [-0.05, 0) is 6.42 Å². The van der Waals surface area contributed by atoms with Crippen molar-refractivity contribution < 1.29 is 4.79 Å². The van der Waals surface area contributed by atoms with Gasteiger partial charge in [-0.3, -0.25) is 9.59 Å². The molecule has 1 amide bonds. The van der Waals surface area contributed by atoms with E-state index in [-0.39, 0.29) is 23.1 Å². The Bertz CT molecular complexity index is 452. The van der Waals surface area contributed by atoms with E-state index >= 15 is 0 Å². The number of nitrogens with zero attached hydrogens (tertiary/aromatic N) is 2. The molecule has 0 aromatic carbocycles. The van der Waals surface area contributed by atoms with Crippen molar-refractivity contribution in [2.24, 2.45) is 0 Å². The monoisotopic (exact) mass is 207 g/mol. The van der Waals surface area contributed by atoms with Crippen LogP contribution in [0.4, 0.5) is 5.69 Å². The Morgan fingerprint density at radius 2 is 2.20 bits per heavy atom. The number of anilines is 1. The van der Waals surface area contributed by atoms with Crippen molar-refractivity contribution >= 4 is 11.6 Å². The fraction of sp³-hybridized carbons (Fsp3) is 0.400. The van der Waals surface area contributed by atoms with E-state index < -0.39 is 0 Å². The summed E-state index contributed by atoms with van der Waals surface area (Å²) in [7, 11) is 1.77. The van der Waals surface area contributed by atoms with E-state index in [0.717, 1.165) is 13.0 Å². The molecule has 5 nitrogen and oxygen atoms in total. The Kier molecular flexibility index (Phi) is 2.22. The number of hydrogen-bond donors (Lipinski definition) is 1. The summed E-state index contributed by atoms with van der Waals surface area (Å²) < 4.78 is 1.71. The molecule has 0 bridgehead atoms. The Morgan fingerprint density at radius 1 is 1.47 bits per heavy atom. The number of nitrogen functional groups attached to an aromatic ring is 1. The number of likely N-dealkylation sites (tertiary alicyclic amines) is 1. The lowest BCUT2D eigenvalue weighted by atomic mass is 10.2. The summed E-state index contributed by atoms with van der Waals surface area (Å²) in [6.07, 6.45) is 3.90. The van der Waals surface area contributed by atoms with Crippen molar-refractivity contribution in [3.63, 3.8) is 0 Å². The standard InChI is InChI=1S/C10H13N3O2/c1-12-4-2-8(10(12)15)13-5-3-9(14)7(11)6-13/h3,5-6,8H,2,4,11H2,1H3. The van der Waals surface area contributed by atoms with Crippen LogP contribution in [0.2, 0.25) is 0 Å². The molecule has 1 aromatic heterocycles. The van der Waals surface area contributed by atoms with Gasteiger partial charge in [-0.1, -0.05) is 0 Å². The lowest BCUT2D eigenvalue weighted by Crippen LogP contribution is -2.25. The van der Waals surface area contributed by atoms with E-state index in [1.54, 1.807) is 22.7 Å². The number of carbonyl (C=O) groups excluding carboxylic acids is 1. The van der Waals surface area contributed by atoms with E-state index in [4.69, 9.17) is 5.73 Å². The number of amides is 1. The first-order valence-electron chi connectivity index (χ1n) is 4.82. The molecule has 0 spiro atoms. The smallest absolute Gasteiger partial charge is 0.245 e. The summed E-state index contributed by atoms with van der Waals surface area (Å²) in [5, 5.41) is 0. The molecule has 2 rings (SSSR count). The van der Waals surface area contributed by atoms with Crippen molar-refractivity contribution in [3.05, 3.63) is 28.7 Å². The fourth-order valence-corrected chi connectivity index (χ4v) is 1.79. The van der Waals surface area contributed by atoms with E-state index in [2.05, 4.69) is 0 Å². The summed E-state index contributed by atoms with van der Waals surface area (Å²) in [5.41, 5.74) is 5.49. The van der Waals surface area contributed by atoms with Crippen LogP contribution < -0.4 is 11.2 Å². The van der Waals surface area contributed by atoms with Crippen LogP contribution in [0.25, 0.3) is 0 Å². The average molecular weight is 207 g/mol. The lowest BCUT2D eigenvalue weighted by Gasteiger charge is -2.14. The maximum atomic E-state index is 11.7. The highest BCUT2D eigenvalue weighted by atomic mass is 16.2. The van der Waals surface area contributed by atoms with Crippen molar-refractivity contribution in [3.8, 4) is 0 Å². The van der Waals surface area contributed by atoms with E-state index in [0.29, 0.717) is 0 Å². The number of aromatic nitrogens is 1. The molecule has 1 atom stereocenters. The van der Waals surface area contributed by atoms with Gasteiger partial charge in [0.05, 0.1) is 5.69 Å². The van der Waals surface area contributed by atoms with Crippen LogP contribution in [0, 0.1) is 0 Å². The second kappa shape index (κ2) is 3.42. The number of rotatable bonds is 1. The molecule has 1 unspecified atom stereocenters. The highest BCUT2D eigenvalue weighted by Gasteiger charge is 2.29. The molecule has 5 heteroatoms. The first-order valence-corrected chi connectivity index (χ1v) is 4.82. The van der Waals surface area contributed by atoms with Gasteiger partial charge in [0.15, 0.2) is 0 Å². The van der Waals surface area contributed by atoms with Gasteiger partial charge in [-0.2, -0.15) is 0 Å². The predicted molar refractivity (Wildman–Crippen MR) is 56.4 cm³/mol. The third-order valence-corrected chi connectivity index (χ3v) is 2.73. The summed E-state index contributed by atoms with van der Waals surface area (Å²) in [6.45, 7) is 0.746. The average Bonchev–Trinajstić information content (AvgIpc) is 2.53. The first-order chi connectivity index (χ1) is 7.09. The highest BCUT2D eigenvalue weighted by Crippen LogP contribution is 2.21. The minimum Gasteiger partial charge on any atom is -0.394 e. The maximum Gasteiger partial charge on any atom is 0.245 e. The molecule has 1 aliphatic rings. The zero-order valence-electron chi connectivity index (χ0n) is 8.51. The zero-order valence-corrected chi connectivity index (χ0v) is 8.51. The molecule has 1 saturated heterocycles. The van der Waals surface area contributed by atoms with Gasteiger partial charge in [-0.15, -0.1) is 0 Å². The molecule has 0 radical (unpaired) electrons. The Balaban J connectivity index is 2.35. The van der Waals surface area contributed by atoms with Gasteiger partial charge in [0.2, 0.25) is 11.3 Å². The van der Waals surface area contributed by atoms with Crippen LogP contribution in [0.15, 0.2) is 23.3 Å². The normalized spacial score (nSPS) is 21.0. The van der Waals surface area contributed by atoms with Crippen molar-refractivity contribution in [2.45, 2.75) is 12.5 Å². The fourth-order valence-electron chi connectivity index (χ4n) is 1.79. The van der Waals surface area contributed by atoms with Crippen molar-refractivity contribution in [1.82, 2.24) is 9.47 Å². The second-order valence-corrected chi connectivity index (χ2v) is 3.78. The van der Waals surface area contributed by atoms with Gasteiger partial charge in [0, 0.05) is 32.1 Å². The van der Waals surface area contributed by atoms with Gasteiger partial charge in [-0.25, -0.2) is 0 Å². The summed E-state index contributed by atoms with van der Waals surface area (Å²) in [5.74, 6) is 0.0676. The SMILES string of the molecule is CN1CCC(n2ccc(=O)c(N)c2)C1=O. The van der Waals surface area contributed by atoms with Gasteiger partial charge in [0.1, 0.15) is 6.04 Å². The lowest BCUT2D eigenvalue weighted by molar-refractivity contribution is -0.129. The quantitative estimate of drug-likeness (QED) is 0.695. The summed E-state index contributed by atoms with van der Waals surface area (Å²) >= 11 is 0. The maximum absolute atomic E-state index is 11.7. The van der Waals surface area contributed by atoms with E-state index in [1.807, 2.05) is 0 Å². The van der Waals surface area contributed by atoms with Crippen LogP contribution in [0.5, 0.6) is 0 Å². The van der Waals surface area contributed by atoms with Crippen LogP contribution in [-0.4, -0.2) is 29.0 Å². The largest absolute Gasteiger partial charge is 0.394 e. The Morgan fingerprint density at radius 3 is 2.73 bits per heavy atom. The molecule has 1 aliphatic heterocycles. The van der Waals surface area contributed by atoms with Gasteiger partial charge < -0.3 is 15.2 Å². The van der Waals surface area contributed by atoms with E-state index in [1.165, 1.54) is 12.3 Å². The van der Waals surface area contributed by atoms with Gasteiger partial charge >= 0.3 is 0 Å². The molecular formula is C10H13N3O2. The summed E-state index contributed by atoms with van der Waals surface area (Å²) in [6, 6.07) is 1.18. The minimum atomic E-state index is -0.210. The highest BCUT2D eigenvalue weighted by molar-refractivity contribution is 5.82. The van der Waals surface area contributed by atoms with Crippen LogP contribution in [0.3, 0.4) is 0 Å². The van der Waals surface area contributed by atoms with Crippen molar-refractivity contribution in [2.75, 3.05) is 19.3 Å². The first kappa shape index (κ1) is 9.76. The zero-order chi connectivity index (χ0) is 11.0. The molecule has 1 fully saturated rings. The van der Waals surface area contributed by atoms with Gasteiger partial charge in [0.25, 0.3) is 0 Å². The van der Waals surface area contributed by atoms with E-state index in [9.17, 15) is 9.59 Å². The van der Waals surface area contributed by atoms with Crippen LogP contribution in [-0.2, 0) is 4.79 Å². The Hall–Kier alpha value is -1.78. The second-order valence-electron chi connectivity index (χ2n) is 3.78. The number of carbonyl (C=O) groups is 1. The number of nitrogens with two attached hydrogens (primary N) is 1. The number of pyridine rings is 1. The van der Waals surface area contributed by atoms with Crippen LogP contribution >= 0.6 is 0 Å². The number of likely N-dealkylation sites (N-methyl/N-ethyl adjacent to an activating group) is 1. The molecule has 0 saturated carbocycles. The molecule has 1 aromatic rings. The third kappa shape index (κ3) is 1.60. The molecular weight excluding hydrogens is 194 g/mol. The molecule has 15 heavy (non-hydrogen) atoms. The topological polar surface area (TPSA) is 68.3 Å². The summed E-state index contributed by atoms with van der Waals surface area (Å²) in [4.78, 5) is 24.5. The number of hydrogen-bond acceptors (Lipinski definition) is 3. The third-order valence-electron chi connectivity index (χ3n) is 2.73. The predicted octanol–water partition coefficient (Wildman–Crippen LogP) is -0.166. The minimum absolute atomic E-state index is 0.0676. The molecule has 2 N–H and O–H groups in total. The van der Waals surface area contributed by atoms with Crippen LogP contribution in [0.1, 0.15) is 12.5 Å². The molecule has 2 heterocycles. The molecule has 80 valence electrons. The van der Waals surface area contributed by atoms with Crippen molar-refractivity contribution in [1.29, 1.82) is 0 Å². The molecule has 0 aliphatic carbocycles. The Labute approximate surface area is 87.1 Å².